The van der Waals surface area contributed by atoms with Gasteiger partial charge in [-0.15, -0.1) is 0 Å². The molecule has 0 aromatic carbocycles. The van der Waals surface area contributed by atoms with Gasteiger partial charge in [0.05, 0.1) is 0 Å². The number of amides is 1. The van der Waals surface area contributed by atoms with Gasteiger partial charge in [0.15, 0.2) is 0 Å². The predicted octanol–water partition coefficient (Wildman–Crippen LogP) is 0.0458. The van der Waals surface area contributed by atoms with Crippen molar-refractivity contribution in [2.24, 2.45) is 0 Å². The van der Waals surface area contributed by atoms with Crippen LogP contribution in [0.5, 0.6) is 0 Å². The summed E-state index contributed by atoms with van der Waals surface area (Å²) < 4.78 is 31.6. The van der Waals surface area contributed by atoms with Gasteiger partial charge < -0.3 is 5.32 Å². The van der Waals surface area contributed by atoms with Gasteiger partial charge in [-0.1, -0.05) is 13.5 Å². The molecule has 13 heavy (non-hydrogen) atoms. The van der Waals surface area contributed by atoms with E-state index in [9.17, 15) is 4.79 Å². The summed E-state index contributed by atoms with van der Waals surface area (Å²) in [5, 5.41) is 2.62. The van der Waals surface area contributed by atoms with Crippen LogP contribution in [-0.2, 0) is 15.2 Å². The van der Waals surface area contributed by atoms with Crippen LogP contribution in [0.25, 0.3) is 0 Å². The second-order valence-electron chi connectivity index (χ2n) is 1.94. The minimum absolute atomic E-state index is 0.0909. The lowest BCUT2D eigenvalue weighted by Crippen LogP contribution is -2.20. The van der Waals surface area contributed by atoms with Crippen molar-refractivity contribution in [1.82, 2.24) is 5.32 Å². The fourth-order valence-corrected chi connectivity index (χ4v) is 0.320. The van der Waals surface area contributed by atoms with Crippen molar-refractivity contribution < 1.29 is 22.3 Å². The van der Waals surface area contributed by atoms with Crippen molar-refractivity contribution in [3.63, 3.8) is 0 Å². The molecule has 0 saturated heterocycles. The first kappa shape index (κ1) is 14.6. The normalized spacial score (nSPS) is 9.46. The fraction of sp³-hybridized carbons (Fsp3) is 0.500. The summed E-state index contributed by atoms with van der Waals surface area (Å²) in [7, 11) is -4.67. The van der Waals surface area contributed by atoms with Gasteiger partial charge in [0, 0.05) is 6.54 Å². The lowest BCUT2D eigenvalue weighted by Gasteiger charge is -1.94. The van der Waals surface area contributed by atoms with E-state index in [0.29, 0.717) is 0 Å². The quantitative estimate of drug-likeness (QED) is 0.452. The first-order valence-electron chi connectivity index (χ1n) is 3.41. The largest absolute Gasteiger partial charge is 0.394 e. The monoisotopic (exact) mass is 211 g/mol. The predicted molar refractivity (Wildman–Crippen MR) is 47.7 cm³/mol. The van der Waals surface area contributed by atoms with Crippen LogP contribution in [0, 0.1) is 0 Å². The van der Waals surface area contributed by atoms with E-state index in [1.54, 1.807) is 0 Å². The van der Waals surface area contributed by atoms with Crippen LogP contribution in [0.2, 0.25) is 0 Å². The van der Waals surface area contributed by atoms with Crippen molar-refractivity contribution >= 4 is 16.3 Å². The lowest BCUT2D eigenvalue weighted by atomic mass is 10.4. The molecule has 3 N–H and O–H groups in total. The maximum absolute atomic E-state index is 10.3. The molecule has 0 aromatic heterocycles. The van der Waals surface area contributed by atoms with Gasteiger partial charge in [-0.3, -0.25) is 13.9 Å². The Bertz CT molecular complexity index is 238. The molecule has 0 bridgehead atoms. The Labute approximate surface area is 77.2 Å². The van der Waals surface area contributed by atoms with Gasteiger partial charge in [0.25, 0.3) is 0 Å². The summed E-state index contributed by atoms with van der Waals surface area (Å²) >= 11 is 0. The Morgan fingerprint density at radius 3 is 2.15 bits per heavy atom. The molecule has 0 heterocycles. The maximum atomic E-state index is 10.3. The summed E-state index contributed by atoms with van der Waals surface area (Å²) in [5.41, 5.74) is 0. The third-order valence-electron chi connectivity index (χ3n) is 0.735. The molecule has 6 nitrogen and oxygen atoms in total. The molecule has 0 fully saturated rings. The first-order valence-corrected chi connectivity index (χ1v) is 4.81. The second-order valence-corrected chi connectivity index (χ2v) is 2.84. The van der Waals surface area contributed by atoms with Gasteiger partial charge in [0.1, 0.15) is 0 Å². The molecule has 0 aliphatic heterocycles. The van der Waals surface area contributed by atoms with Crippen LogP contribution in [-0.4, -0.2) is 30.0 Å². The van der Waals surface area contributed by atoms with Gasteiger partial charge in [0.2, 0.25) is 5.91 Å². The maximum Gasteiger partial charge on any atom is 0.394 e. The third-order valence-corrected chi connectivity index (χ3v) is 0.735. The zero-order valence-corrected chi connectivity index (χ0v) is 8.04. The molecule has 0 aliphatic carbocycles. The van der Waals surface area contributed by atoms with Gasteiger partial charge in [-0.05, 0) is 12.5 Å². The highest BCUT2D eigenvalue weighted by atomic mass is 32.3. The Morgan fingerprint density at radius 1 is 1.54 bits per heavy atom. The molecule has 0 rings (SSSR count). The molecule has 0 unspecified atom stereocenters. The molecule has 0 aromatic rings. The molecule has 1 amide bonds. The van der Waals surface area contributed by atoms with E-state index in [4.69, 9.17) is 17.5 Å². The third kappa shape index (κ3) is 35.4. The first-order chi connectivity index (χ1) is 5.81. The van der Waals surface area contributed by atoms with Crippen molar-refractivity contribution in [2.45, 2.75) is 13.3 Å². The second kappa shape index (κ2) is 7.71. The van der Waals surface area contributed by atoms with Gasteiger partial charge >= 0.3 is 10.4 Å². The summed E-state index contributed by atoms with van der Waals surface area (Å²) in [5.74, 6) is -0.0909. The van der Waals surface area contributed by atoms with E-state index in [-0.39, 0.29) is 5.91 Å². The van der Waals surface area contributed by atoms with Crippen molar-refractivity contribution in [3.8, 4) is 0 Å². The molecule has 0 atom stereocenters. The molecule has 78 valence electrons. The van der Waals surface area contributed by atoms with Crippen LogP contribution in [0.4, 0.5) is 0 Å². The standard InChI is InChI=1S/C6H11NO.H2O4S/c1-3-5-7-6(8)4-2;1-5(2,3)4/h4H,2-3,5H2,1H3,(H,7,8);(H2,1,2,3,4). The number of rotatable bonds is 3. The average molecular weight is 211 g/mol. The highest BCUT2D eigenvalue weighted by Crippen LogP contribution is 1.70. The molecule has 0 aliphatic rings. The number of hydrogen-bond acceptors (Lipinski definition) is 3. The highest BCUT2D eigenvalue weighted by molar-refractivity contribution is 7.79. The molecule has 0 radical (unpaired) electrons. The summed E-state index contributed by atoms with van der Waals surface area (Å²) in [6, 6.07) is 0. The molecular formula is C6H13NO5S. The SMILES string of the molecule is C=CC(=O)NCCC.O=S(=O)(O)O. The van der Waals surface area contributed by atoms with E-state index in [1.807, 2.05) is 6.92 Å². The molecule has 0 saturated carbocycles. The van der Waals surface area contributed by atoms with Crippen LogP contribution in [0.15, 0.2) is 12.7 Å². The Morgan fingerprint density at radius 2 is 1.92 bits per heavy atom. The van der Waals surface area contributed by atoms with Crippen LogP contribution < -0.4 is 5.32 Å². The van der Waals surface area contributed by atoms with E-state index in [2.05, 4.69) is 11.9 Å². The van der Waals surface area contributed by atoms with E-state index >= 15 is 0 Å². The molecule has 0 spiro atoms. The molecule has 7 heteroatoms. The van der Waals surface area contributed by atoms with Crippen molar-refractivity contribution in [1.29, 1.82) is 0 Å². The highest BCUT2D eigenvalue weighted by Gasteiger charge is 1.86. The number of hydrogen-bond donors (Lipinski definition) is 3. The number of carbonyl (C=O) groups excluding carboxylic acids is 1. The fourth-order valence-electron chi connectivity index (χ4n) is 0.320. The summed E-state index contributed by atoms with van der Waals surface area (Å²) in [6.45, 7) is 6.05. The summed E-state index contributed by atoms with van der Waals surface area (Å²) in [6.07, 6.45) is 2.25. The van der Waals surface area contributed by atoms with Gasteiger partial charge in [-0.25, -0.2) is 0 Å². The topological polar surface area (TPSA) is 104 Å². The zero-order chi connectivity index (χ0) is 10.9. The van der Waals surface area contributed by atoms with Crippen molar-refractivity contribution in [3.05, 3.63) is 12.7 Å². The Hall–Kier alpha value is -0.920. The summed E-state index contributed by atoms with van der Waals surface area (Å²) in [4.78, 5) is 10.3. The van der Waals surface area contributed by atoms with E-state index < -0.39 is 10.4 Å². The number of nitrogens with one attached hydrogen (secondary N) is 1. The molecular weight excluding hydrogens is 198 g/mol. The van der Waals surface area contributed by atoms with E-state index in [1.165, 1.54) is 6.08 Å². The van der Waals surface area contributed by atoms with Crippen LogP contribution in [0.1, 0.15) is 13.3 Å². The Kier molecular flexibility index (Phi) is 8.66. The Balaban J connectivity index is 0. The van der Waals surface area contributed by atoms with Crippen molar-refractivity contribution in [2.75, 3.05) is 6.54 Å². The lowest BCUT2D eigenvalue weighted by molar-refractivity contribution is -0.116. The average Bonchev–Trinajstić information content (AvgIpc) is 1.97. The smallest absolute Gasteiger partial charge is 0.353 e. The number of carbonyl (C=O) groups is 1. The minimum Gasteiger partial charge on any atom is -0.353 e. The minimum atomic E-state index is -4.67. The van der Waals surface area contributed by atoms with Crippen LogP contribution in [0.3, 0.4) is 0 Å². The van der Waals surface area contributed by atoms with Crippen LogP contribution >= 0.6 is 0 Å². The van der Waals surface area contributed by atoms with Gasteiger partial charge in [-0.2, -0.15) is 8.42 Å². The zero-order valence-electron chi connectivity index (χ0n) is 7.23. The van der Waals surface area contributed by atoms with E-state index in [0.717, 1.165) is 13.0 Å².